The minimum absolute atomic E-state index is 0.231. The molecule has 0 heterocycles. The smallest absolute Gasteiger partial charge is 0.305 e. The highest BCUT2D eigenvalue weighted by molar-refractivity contribution is 6.46. The van der Waals surface area contributed by atoms with Crippen molar-refractivity contribution >= 4 is 12.9 Å². The van der Waals surface area contributed by atoms with Crippen LogP contribution in [0.15, 0.2) is 24.3 Å². The van der Waals surface area contributed by atoms with Gasteiger partial charge in [0.05, 0.1) is 0 Å². The van der Waals surface area contributed by atoms with Crippen LogP contribution >= 0.6 is 0 Å². The summed E-state index contributed by atoms with van der Waals surface area (Å²) in [5, 5.41) is 28.5. The van der Waals surface area contributed by atoms with Crippen molar-refractivity contribution in [2.75, 3.05) is 6.54 Å². The first-order chi connectivity index (χ1) is 6.65. The molecule has 0 saturated carbocycles. The topological polar surface area (TPSA) is 83.6 Å². The first-order valence-corrected chi connectivity index (χ1v) is 4.13. The summed E-state index contributed by atoms with van der Waals surface area (Å²) in [4.78, 5) is 9.58. The molecule has 1 aromatic carbocycles. The van der Waals surface area contributed by atoms with Gasteiger partial charge >= 0.3 is 7.48 Å². The lowest BCUT2D eigenvalue weighted by Crippen LogP contribution is -2.24. The SMILES string of the molecule is O=[N+]([O-])CC(O)c1ccccc1BO. The average Bonchev–Trinajstić information content (AvgIpc) is 2.16. The standard InChI is InChI=1S/C8H10BNO4/c11-8(5-10(13)14)6-3-1-2-4-7(6)9-12/h1-4,8-9,11-12H,5H2. The van der Waals surface area contributed by atoms with E-state index in [9.17, 15) is 15.2 Å². The van der Waals surface area contributed by atoms with Crippen LogP contribution in [0.5, 0.6) is 0 Å². The van der Waals surface area contributed by atoms with E-state index in [1.165, 1.54) is 0 Å². The monoisotopic (exact) mass is 195 g/mol. The third-order valence-corrected chi connectivity index (χ3v) is 1.91. The normalized spacial score (nSPS) is 12.1. The molecule has 1 unspecified atom stereocenters. The van der Waals surface area contributed by atoms with Gasteiger partial charge in [-0.1, -0.05) is 24.3 Å². The summed E-state index contributed by atoms with van der Waals surface area (Å²) in [5.41, 5.74) is 0.925. The van der Waals surface area contributed by atoms with E-state index in [0.29, 0.717) is 11.0 Å². The van der Waals surface area contributed by atoms with Crippen molar-refractivity contribution in [3.8, 4) is 0 Å². The van der Waals surface area contributed by atoms with E-state index in [1.807, 2.05) is 0 Å². The minimum atomic E-state index is -1.16. The summed E-state index contributed by atoms with van der Waals surface area (Å²) in [6.07, 6.45) is -1.16. The van der Waals surface area contributed by atoms with Crippen molar-refractivity contribution in [2.45, 2.75) is 6.10 Å². The Balaban J connectivity index is 2.87. The molecule has 0 fully saturated rings. The van der Waals surface area contributed by atoms with E-state index in [1.54, 1.807) is 24.3 Å². The molecule has 0 spiro atoms. The van der Waals surface area contributed by atoms with Gasteiger partial charge in [-0.15, -0.1) is 0 Å². The number of nitrogens with zero attached hydrogens (tertiary/aromatic N) is 1. The summed E-state index contributed by atoms with van der Waals surface area (Å²) < 4.78 is 0. The lowest BCUT2D eigenvalue weighted by molar-refractivity contribution is -0.491. The van der Waals surface area contributed by atoms with Crippen molar-refractivity contribution in [3.63, 3.8) is 0 Å². The van der Waals surface area contributed by atoms with E-state index < -0.39 is 17.6 Å². The summed E-state index contributed by atoms with van der Waals surface area (Å²) in [6, 6.07) is 6.56. The van der Waals surface area contributed by atoms with E-state index in [4.69, 9.17) is 5.02 Å². The highest BCUT2D eigenvalue weighted by Crippen LogP contribution is 2.09. The molecule has 0 aromatic heterocycles. The van der Waals surface area contributed by atoms with Gasteiger partial charge in [0.2, 0.25) is 6.54 Å². The van der Waals surface area contributed by atoms with Crippen LogP contribution in [0.4, 0.5) is 0 Å². The molecule has 1 atom stereocenters. The van der Waals surface area contributed by atoms with Crippen LogP contribution in [-0.2, 0) is 0 Å². The van der Waals surface area contributed by atoms with Gasteiger partial charge in [0.25, 0.3) is 0 Å². The molecule has 0 saturated heterocycles. The second-order valence-corrected chi connectivity index (χ2v) is 2.89. The predicted molar refractivity (Wildman–Crippen MR) is 52.3 cm³/mol. The number of benzene rings is 1. The van der Waals surface area contributed by atoms with Crippen LogP contribution in [0, 0.1) is 10.1 Å². The maximum atomic E-state index is 10.2. The third-order valence-electron chi connectivity index (χ3n) is 1.91. The lowest BCUT2D eigenvalue weighted by atomic mass is 9.82. The summed E-state index contributed by atoms with van der Waals surface area (Å²) >= 11 is 0. The van der Waals surface area contributed by atoms with Crippen molar-refractivity contribution in [2.24, 2.45) is 0 Å². The number of aliphatic hydroxyl groups excluding tert-OH is 1. The summed E-state index contributed by atoms with van der Waals surface area (Å²) in [5.74, 6) is 0. The number of hydrogen-bond donors (Lipinski definition) is 2. The zero-order valence-corrected chi connectivity index (χ0v) is 7.46. The fourth-order valence-electron chi connectivity index (χ4n) is 1.24. The third kappa shape index (κ3) is 2.55. The largest absolute Gasteiger partial charge is 0.449 e. The quantitative estimate of drug-likeness (QED) is 0.365. The van der Waals surface area contributed by atoms with Gasteiger partial charge in [-0.05, 0) is 11.0 Å². The molecule has 0 bridgehead atoms. The number of rotatable bonds is 4. The molecule has 0 amide bonds. The Kier molecular flexibility index (Phi) is 3.61. The Hall–Kier alpha value is -1.40. The molecule has 0 radical (unpaired) electrons. The van der Waals surface area contributed by atoms with Gasteiger partial charge in [-0.3, -0.25) is 10.1 Å². The van der Waals surface area contributed by atoms with Crippen molar-refractivity contribution < 1.29 is 15.1 Å². The second-order valence-electron chi connectivity index (χ2n) is 2.89. The molecular weight excluding hydrogens is 185 g/mol. The van der Waals surface area contributed by atoms with E-state index >= 15 is 0 Å². The lowest BCUT2D eigenvalue weighted by Gasteiger charge is -2.09. The molecule has 0 aliphatic rings. The van der Waals surface area contributed by atoms with Gasteiger partial charge in [0, 0.05) is 4.92 Å². The van der Waals surface area contributed by atoms with Gasteiger partial charge < -0.3 is 10.1 Å². The van der Waals surface area contributed by atoms with Crippen LogP contribution in [0.1, 0.15) is 11.7 Å². The van der Waals surface area contributed by atoms with Crippen molar-refractivity contribution in [1.82, 2.24) is 0 Å². The van der Waals surface area contributed by atoms with Gasteiger partial charge in [0.15, 0.2) is 0 Å². The maximum absolute atomic E-state index is 10.2. The fourth-order valence-corrected chi connectivity index (χ4v) is 1.24. The Bertz CT molecular complexity index is 331. The molecule has 0 aliphatic carbocycles. The molecule has 1 aromatic rings. The van der Waals surface area contributed by atoms with Gasteiger partial charge in [-0.25, -0.2) is 0 Å². The van der Waals surface area contributed by atoms with Crippen LogP contribution in [-0.4, -0.2) is 29.1 Å². The van der Waals surface area contributed by atoms with Crippen LogP contribution in [0.2, 0.25) is 0 Å². The van der Waals surface area contributed by atoms with E-state index in [-0.39, 0.29) is 7.48 Å². The highest BCUT2D eigenvalue weighted by Gasteiger charge is 2.16. The number of aliphatic hydroxyl groups is 1. The molecule has 2 N–H and O–H groups in total. The van der Waals surface area contributed by atoms with Crippen LogP contribution in [0.25, 0.3) is 0 Å². The van der Waals surface area contributed by atoms with E-state index in [2.05, 4.69) is 0 Å². The zero-order chi connectivity index (χ0) is 10.6. The zero-order valence-electron chi connectivity index (χ0n) is 7.46. The fraction of sp³-hybridized carbons (Fsp3) is 0.250. The van der Waals surface area contributed by atoms with Gasteiger partial charge in [0.1, 0.15) is 6.10 Å². The molecule has 0 aliphatic heterocycles. The highest BCUT2D eigenvalue weighted by atomic mass is 16.6. The number of hydrogen-bond acceptors (Lipinski definition) is 4. The molecule has 74 valence electrons. The molecule has 14 heavy (non-hydrogen) atoms. The number of nitro groups is 1. The molecular formula is C8H10BNO4. The first kappa shape index (κ1) is 10.7. The van der Waals surface area contributed by atoms with Gasteiger partial charge in [-0.2, -0.15) is 0 Å². The van der Waals surface area contributed by atoms with Crippen LogP contribution in [0.3, 0.4) is 0 Å². The summed E-state index contributed by atoms with van der Waals surface area (Å²) in [6.45, 7) is -0.545. The van der Waals surface area contributed by atoms with Crippen molar-refractivity contribution in [3.05, 3.63) is 39.9 Å². The Labute approximate surface area is 81.4 Å². The summed E-state index contributed by atoms with van der Waals surface area (Å²) in [7, 11) is -0.231. The minimum Gasteiger partial charge on any atom is -0.449 e. The second kappa shape index (κ2) is 4.73. The first-order valence-electron chi connectivity index (χ1n) is 4.13. The maximum Gasteiger partial charge on any atom is 0.305 e. The predicted octanol–water partition coefficient (Wildman–Crippen LogP) is -1.03. The average molecular weight is 195 g/mol. The van der Waals surface area contributed by atoms with Crippen LogP contribution < -0.4 is 5.46 Å². The molecule has 1 rings (SSSR count). The Morgan fingerprint density at radius 1 is 1.50 bits per heavy atom. The van der Waals surface area contributed by atoms with E-state index in [0.717, 1.165) is 0 Å². The molecule has 6 heteroatoms. The Morgan fingerprint density at radius 3 is 2.71 bits per heavy atom. The van der Waals surface area contributed by atoms with Crippen molar-refractivity contribution in [1.29, 1.82) is 0 Å². The Morgan fingerprint density at radius 2 is 2.14 bits per heavy atom. The molecule has 5 nitrogen and oxygen atoms in total.